The maximum absolute atomic E-state index is 14.0. The lowest BCUT2D eigenvalue weighted by atomic mass is 10.2. The van der Waals surface area contributed by atoms with E-state index >= 15 is 0 Å². The molecule has 2 atom stereocenters. The Morgan fingerprint density at radius 3 is 2.39 bits per heavy atom. The molecule has 2 unspecified atom stereocenters. The fraction of sp³-hybridized carbons (Fsp3) is 0.875. The minimum atomic E-state index is -0.812. The number of unbranched alkanes of at least 4 members (excludes halogenated alkanes) is 9. The van der Waals surface area contributed by atoms with Gasteiger partial charge in [-0.25, -0.2) is 9.69 Å². The molecule has 1 fully saturated rings. The lowest BCUT2D eigenvalue weighted by Gasteiger charge is -2.38. The van der Waals surface area contributed by atoms with Gasteiger partial charge < -0.3 is 15.3 Å². The molecule has 1 aromatic rings. The van der Waals surface area contributed by atoms with Crippen LogP contribution in [-0.4, -0.2) is 53.7 Å². The number of ether oxygens (including phenoxy) is 1. The molecule has 1 N–H and O–H groups in total. The minimum absolute atomic E-state index is 0.255. The number of aromatic nitrogens is 2. The van der Waals surface area contributed by atoms with Gasteiger partial charge in [0.1, 0.15) is 11.7 Å². The fourth-order valence-electron chi connectivity index (χ4n) is 4.14. The van der Waals surface area contributed by atoms with Gasteiger partial charge in [0.25, 0.3) is 6.23 Å². The van der Waals surface area contributed by atoms with Gasteiger partial charge in [-0.2, -0.15) is 0 Å². The average Bonchev–Trinajstić information content (AvgIpc) is 3.40. The van der Waals surface area contributed by atoms with Crippen molar-refractivity contribution in [3.63, 3.8) is 0 Å². The summed E-state index contributed by atoms with van der Waals surface area (Å²) in [5, 5.41) is 26.6. The largest absolute Gasteiger partial charge is 0.622 e. The Morgan fingerprint density at radius 1 is 1.03 bits per heavy atom. The fourth-order valence-corrected chi connectivity index (χ4v) is 5.09. The van der Waals surface area contributed by atoms with Crippen molar-refractivity contribution < 1.29 is 9.53 Å². The van der Waals surface area contributed by atoms with Crippen LogP contribution >= 0.6 is 11.3 Å². The van der Waals surface area contributed by atoms with E-state index in [0.717, 1.165) is 62.9 Å². The van der Waals surface area contributed by atoms with Crippen molar-refractivity contribution in [1.82, 2.24) is 25.1 Å². The van der Waals surface area contributed by atoms with E-state index in [4.69, 9.17) is 4.74 Å². The molecule has 1 saturated heterocycles. The summed E-state index contributed by atoms with van der Waals surface area (Å²) in [7, 11) is 0. The van der Waals surface area contributed by atoms with E-state index in [2.05, 4.69) is 41.2 Å². The Balaban J connectivity index is 1.98. The zero-order valence-corrected chi connectivity index (χ0v) is 21.8. The van der Waals surface area contributed by atoms with Crippen LogP contribution in [0.15, 0.2) is 0 Å². The molecule has 0 radical (unpaired) electrons. The molecule has 0 bridgehead atoms. The maximum Gasteiger partial charge on any atom is 0.411 e. The monoisotopic (exact) mass is 483 g/mol. The number of carbonyl (C=O) groups excluding carboxylic acids is 1. The van der Waals surface area contributed by atoms with Crippen molar-refractivity contribution in [2.45, 2.75) is 110 Å². The highest BCUT2D eigenvalue weighted by molar-refractivity contribution is 7.15. The van der Waals surface area contributed by atoms with Crippen molar-refractivity contribution in [1.29, 1.82) is 0 Å². The molecule has 190 valence electrons. The van der Waals surface area contributed by atoms with Gasteiger partial charge in [-0.15, -0.1) is 5.10 Å². The first-order valence-corrected chi connectivity index (χ1v) is 13.9. The zero-order chi connectivity index (χ0) is 23.9. The number of aryl methyl sites for hydroxylation is 1. The second-order valence-corrected chi connectivity index (χ2v) is 10.3. The molecule has 2 rings (SSSR count). The molecule has 0 aliphatic carbocycles. The average molecular weight is 484 g/mol. The second kappa shape index (κ2) is 15.6. The maximum atomic E-state index is 14.0. The van der Waals surface area contributed by atoms with Crippen LogP contribution in [-0.2, 0) is 11.2 Å². The van der Waals surface area contributed by atoms with E-state index in [1.54, 1.807) is 0 Å². The summed E-state index contributed by atoms with van der Waals surface area (Å²) >= 11 is 1.38. The first-order chi connectivity index (χ1) is 16.0. The van der Waals surface area contributed by atoms with Gasteiger partial charge in [-0.3, -0.25) is 4.65 Å². The molecule has 0 saturated carbocycles. The van der Waals surface area contributed by atoms with Crippen LogP contribution in [0.25, 0.3) is 0 Å². The molecule has 1 aliphatic rings. The van der Waals surface area contributed by atoms with Crippen LogP contribution in [0.5, 0.6) is 0 Å². The number of alkyl carbamates (subject to hydrolysis) is 1. The van der Waals surface area contributed by atoms with Gasteiger partial charge in [0.05, 0.1) is 6.54 Å². The number of rotatable bonds is 17. The van der Waals surface area contributed by atoms with Crippen molar-refractivity contribution in [3.8, 4) is 0 Å². The topological polar surface area (TPSA) is 90.4 Å². The highest BCUT2D eigenvalue weighted by atomic mass is 32.1. The predicted molar refractivity (Wildman–Crippen MR) is 136 cm³/mol. The van der Waals surface area contributed by atoms with E-state index in [9.17, 15) is 10.0 Å². The van der Waals surface area contributed by atoms with Crippen molar-refractivity contribution in [2.75, 3.05) is 26.3 Å². The van der Waals surface area contributed by atoms with Gasteiger partial charge in [-0.1, -0.05) is 83.7 Å². The second-order valence-electron chi connectivity index (χ2n) is 9.21. The molecule has 1 amide bonds. The Hall–Kier alpha value is -1.29. The molecule has 0 spiro atoms. The first kappa shape index (κ1) is 28.0. The summed E-state index contributed by atoms with van der Waals surface area (Å²) in [5.41, 5.74) is 0. The third-order valence-corrected chi connectivity index (χ3v) is 7.28. The summed E-state index contributed by atoms with van der Waals surface area (Å²) in [4.78, 5) is 14.5. The molecular weight excluding hydrogens is 438 g/mol. The minimum Gasteiger partial charge on any atom is -0.622 e. The summed E-state index contributed by atoms with van der Waals surface area (Å²) < 4.78 is 4.93. The first-order valence-electron chi connectivity index (χ1n) is 13.1. The summed E-state index contributed by atoms with van der Waals surface area (Å²) in [6.07, 6.45) is 13.0. The molecule has 8 nitrogen and oxygen atoms in total. The number of hydroxylamine groups is 2. The number of quaternary nitrogens is 1. The van der Waals surface area contributed by atoms with Crippen LogP contribution in [0.4, 0.5) is 9.93 Å². The number of nitrogens with zero attached hydrogens (tertiary/aromatic N) is 4. The Bertz CT molecular complexity index is 674. The third-order valence-electron chi connectivity index (χ3n) is 6.18. The quantitative estimate of drug-likeness (QED) is 0.167. The van der Waals surface area contributed by atoms with Crippen molar-refractivity contribution >= 4 is 22.6 Å². The molecule has 9 heteroatoms. The number of nitrogens with one attached hydrogen (secondary N) is 1. The summed E-state index contributed by atoms with van der Waals surface area (Å²) in [6, 6.07) is 0. The van der Waals surface area contributed by atoms with E-state index < -0.39 is 17.0 Å². The summed E-state index contributed by atoms with van der Waals surface area (Å²) in [6.45, 7) is 8.64. The van der Waals surface area contributed by atoms with Crippen LogP contribution in [0, 0.1) is 5.21 Å². The van der Waals surface area contributed by atoms with E-state index in [-0.39, 0.29) is 6.67 Å². The van der Waals surface area contributed by atoms with Crippen molar-refractivity contribution in [3.05, 3.63) is 10.2 Å². The number of hydrogen-bond acceptors (Lipinski definition) is 7. The normalized spacial score (nSPS) is 20.9. The van der Waals surface area contributed by atoms with E-state index in [0.29, 0.717) is 18.2 Å². The van der Waals surface area contributed by atoms with Crippen LogP contribution in [0.3, 0.4) is 0 Å². The summed E-state index contributed by atoms with van der Waals surface area (Å²) in [5.74, 6) is 0. The molecule has 0 aromatic carbocycles. The Labute approximate surface area is 204 Å². The predicted octanol–water partition coefficient (Wildman–Crippen LogP) is 5.95. The molecule has 2 heterocycles. The van der Waals surface area contributed by atoms with Gasteiger partial charge in [0.15, 0.2) is 0 Å². The SMILES string of the molecule is CCCCCCNC(=O)OC1CN(CCCCCC)C[N+]1([O-])c1nnc(CCCCCC)s1. The zero-order valence-electron chi connectivity index (χ0n) is 21.0. The van der Waals surface area contributed by atoms with Crippen LogP contribution in [0.2, 0.25) is 0 Å². The van der Waals surface area contributed by atoms with Gasteiger partial charge in [0.2, 0.25) is 0 Å². The van der Waals surface area contributed by atoms with Crippen molar-refractivity contribution in [2.24, 2.45) is 0 Å². The highest BCUT2D eigenvalue weighted by Gasteiger charge is 2.46. The molecule has 1 aromatic heterocycles. The lowest BCUT2D eigenvalue weighted by Crippen LogP contribution is -2.51. The molecule has 1 aliphatic heterocycles. The molecule has 33 heavy (non-hydrogen) atoms. The number of amides is 1. The Morgan fingerprint density at radius 2 is 1.70 bits per heavy atom. The third kappa shape index (κ3) is 9.47. The van der Waals surface area contributed by atoms with Gasteiger partial charge in [-0.05, 0) is 30.6 Å². The molecular formula is C24H45N5O3S. The van der Waals surface area contributed by atoms with E-state index in [1.165, 1.54) is 43.4 Å². The van der Waals surface area contributed by atoms with Gasteiger partial charge in [0, 0.05) is 19.5 Å². The lowest BCUT2D eigenvalue weighted by molar-refractivity contribution is 0.0458. The Kier molecular flexibility index (Phi) is 13.2. The smallest absolute Gasteiger partial charge is 0.411 e. The van der Waals surface area contributed by atoms with Crippen LogP contribution in [0.1, 0.15) is 103 Å². The highest BCUT2D eigenvalue weighted by Crippen LogP contribution is 2.35. The van der Waals surface area contributed by atoms with Gasteiger partial charge >= 0.3 is 11.2 Å². The van der Waals surface area contributed by atoms with E-state index in [1.807, 2.05) is 0 Å². The standard InChI is InChI=1S/C24H45N5O3S/c1-4-7-10-13-16-21-26-27-23(33-21)29(31)20-28(18-15-12-9-6-3)19-22(29)32-24(30)25-17-14-11-8-5-2/h22H,4-20H2,1-3H3,(H,25,30). The number of hydrogen-bond donors (Lipinski definition) is 1. The number of carbonyl (C=O) groups is 1. The van der Waals surface area contributed by atoms with Crippen LogP contribution < -0.4 is 9.96 Å².